The number of halogens is 2. The van der Waals surface area contributed by atoms with Gasteiger partial charge < -0.3 is 5.32 Å². The Morgan fingerprint density at radius 1 is 1.46 bits per heavy atom. The van der Waals surface area contributed by atoms with Crippen LogP contribution in [0.4, 0.5) is 10.1 Å². The van der Waals surface area contributed by atoms with E-state index in [-0.39, 0.29) is 23.2 Å². The quantitative estimate of drug-likeness (QED) is 0.798. The molecule has 6 nitrogen and oxygen atoms in total. The van der Waals surface area contributed by atoms with Crippen molar-refractivity contribution in [3.05, 3.63) is 53.4 Å². The second kappa shape index (κ2) is 6.72. The Bertz CT molecular complexity index is 898. The summed E-state index contributed by atoms with van der Waals surface area (Å²) in [7, 11) is 1.48. The van der Waals surface area contributed by atoms with Crippen molar-refractivity contribution in [2.45, 2.75) is 25.6 Å². The van der Waals surface area contributed by atoms with Gasteiger partial charge in [0.15, 0.2) is 0 Å². The van der Waals surface area contributed by atoms with Crippen LogP contribution in [0.1, 0.15) is 35.6 Å². The van der Waals surface area contributed by atoms with Gasteiger partial charge in [0.1, 0.15) is 16.3 Å². The van der Waals surface area contributed by atoms with E-state index >= 15 is 0 Å². The number of nitrogens with one attached hydrogen (secondary N) is 2. The lowest BCUT2D eigenvalue weighted by molar-refractivity contribution is 0.102. The van der Waals surface area contributed by atoms with Crippen molar-refractivity contribution in [3.8, 4) is 0 Å². The number of nitrogens with zero attached hydrogens (tertiary/aromatic N) is 3. The SMILES string of the molecule is Cc1[nH]ncc1C(=O)Nc1c(C2(Cl)C=CC=CC2C(C)C)nn(C)c1F. The number of aromatic nitrogens is 4. The Hall–Kier alpha value is -2.41. The van der Waals surface area contributed by atoms with Crippen LogP contribution in [0.5, 0.6) is 0 Å². The van der Waals surface area contributed by atoms with Gasteiger partial charge in [0.25, 0.3) is 5.91 Å². The molecule has 2 aromatic rings. The summed E-state index contributed by atoms with van der Waals surface area (Å²) >= 11 is 6.94. The number of alkyl halides is 1. The van der Waals surface area contributed by atoms with Crippen LogP contribution in [0.25, 0.3) is 0 Å². The highest BCUT2D eigenvalue weighted by atomic mass is 35.5. The maximum Gasteiger partial charge on any atom is 0.259 e. The fourth-order valence-electron chi connectivity index (χ4n) is 3.22. The maximum atomic E-state index is 14.7. The first-order chi connectivity index (χ1) is 12.3. The zero-order chi connectivity index (χ0) is 19.1. The number of hydrogen-bond acceptors (Lipinski definition) is 3. The third-order valence-electron chi connectivity index (χ3n) is 4.62. The molecular weight excluding hydrogens is 357 g/mol. The number of anilines is 1. The van der Waals surface area contributed by atoms with Crippen molar-refractivity contribution < 1.29 is 9.18 Å². The molecule has 2 heterocycles. The second-order valence-electron chi connectivity index (χ2n) is 6.78. The Kier molecular flexibility index (Phi) is 4.75. The molecule has 1 aliphatic rings. The minimum absolute atomic E-state index is 0.0151. The third kappa shape index (κ3) is 2.96. The number of carbonyl (C=O) groups excluding carboxylic acids is 1. The number of amides is 1. The molecule has 2 unspecified atom stereocenters. The summed E-state index contributed by atoms with van der Waals surface area (Å²) in [5, 5.41) is 13.4. The molecule has 0 saturated carbocycles. The van der Waals surface area contributed by atoms with Crippen LogP contribution in [-0.4, -0.2) is 25.9 Å². The Morgan fingerprint density at radius 3 is 2.81 bits per heavy atom. The molecule has 0 radical (unpaired) electrons. The second-order valence-corrected chi connectivity index (χ2v) is 7.41. The summed E-state index contributed by atoms with van der Waals surface area (Å²) in [6.07, 6.45) is 8.90. The summed E-state index contributed by atoms with van der Waals surface area (Å²) in [6.45, 7) is 5.80. The molecule has 8 heteroatoms. The smallest absolute Gasteiger partial charge is 0.259 e. The molecule has 26 heavy (non-hydrogen) atoms. The molecule has 2 aromatic heterocycles. The van der Waals surface area contributed by atoms with Gasteiger partial charge in [-0.15, -0.1) is 11.6 Å². The lowest BCUT2D eigenvalue weighted by Crippen LogP contribution is -2.33. The number of hydrogen-bond donors (Lipinski definition) is 2. The van der Waals surface area contributed by atoms with Crippen LogP contribution in [-0.2, 0) is 11.9 Å². The topological polar surface area (TPSA) is 75.6 Å². The van der Waals surface area contributed by atoms with E-state index in [9.17, 15) is 9.18 Å². The van der Waals surface area contributed by atoms with E-state index in [1.807, 2.05) is 32.1 Å². The van der Waals surface area contributed by atoms with Gasteiger partial charge in [0.2, 0.25) is 5.95 Å². The maximum absolute atomic E-state index is 14.7. The highest BCUT2D eigenvalue weighted by molar-refractivity contribution is 6.26. The number of rotatable bonds is 4. The third-order valence-corrected chi connectivity index (χ3v) is 5.18. The van der Waals surface area contributed by atoms with Crippen molar-refractivity contribution in [1.82, 2.24) is 20.0 Å². The van der Waals surface area contributed by atoms with Crippen LogP contribution in [0.2, 0.25) is 0 Å². The number of carbonyl (C=O) groups is 1. The fourth-order valence-corrected chi connectivity index (χ4v) is 3.75. The fraction of sp³-hybridized carbons (Fsp3) is 0.389. The predicted molar refractivity (Wildman–Crippen MR) is 98.6 cm³/mol. The van der Waals surface area contributed by atoms with E-state index in [0.29, 0.717) is 11.3 Å². The monoisotopic (exact) mass is 377 g/mol. The van der Waals surface area contributed by atoms with E-state index in [1.165, 1.54) is 13.2 Å². The number of aromatic amines is 1. The van der Waals surface area contributed by atoms with E-state index in [1.54, 1.807) is 13.0 Å². The van der Waals surface area contributed by atoms with E-state index in [0.717, 1.165) is 4.68 Å². The lowest BCUT2D eigenvalue weighted by atomic mass is 9.78. The molecule has 0 fully saturated rings. The largest absolute Gasteiger partial charge is 0.316 e. The standard InChI is InChI=1S/C18H21ClFN5O/c1-10(2)13-7-5-6-8-18(13,19)15-14(16(20)25(4)24-15)22-17(26)12-9-21-23-11(12)3/h5-10,13H,1-4H3,(H,21,23)(H,22,26). The van der Waals surface area contributed by atoms with Crippen LogP contribution >= 0.6 is 11.6 Å². The summed E-state index contributed by atoms with van der Waals surface area (Å²) in [6, 6.07) is 0. The highest BCUT2D eigenvalue weighted by Crippen LogP contribution is 2.47. The minimum Gasteiger partial charge on any atom is -0.316 e. The predicted octanol–water partition coefficient (Wildman–Crippen LogP) is 3.68. The number of H-pyrrole nitrogens is 1. The van der Waals surface area contributed by atoms with Crippen LogP contribution in [0, 0.1) is 24.7 Å². The first-order valence-corrected chi connectivity index (χ1v) is 8.72. The van der Waals surface area contributed by atoms with E-state index < -0.39 is 16.7 Å². The van der Waals surface area contributed by atoms with Crippen molar-refractivity contribution in [2.75, 3.05) is 5.32 Å². The Labute approximate surface area is 156 Å². The first kappa shape index (κ1) is 18.4. The van der Waals surface area contributed by atoms with Gasteiger partial charge in [-0.3, -0.25) is 9.89 Å². The average molecular weight is 378 g/mol. The summed E-state index contributed by atoms with van der Waals surface area (Å²) in [5.74, 6) is -1.03. The van der Waals surface area contributed by atoms with E-state index in [2.05, 4.69) is 20.6 Å². The normalized spacial score (nSPS) is 22.2. The van der Waals surface area contributed by atoms with Gasteiger partial charge >= 0.3 is 0 Å². The molecular formula is C18H21ClFN5O. The van der Waals surface area contributed by atoms with Crippen LogP contribution < -0.4 is 5.32 Å². The van der Waals surface area contributed by atoms with Gasteiger partial charge in [0, 0.05) is 18.7 Å². The van der Waals surface area contributed by atoms with Crippen molar-refractivity contribution in [3.63, 3.8) is 0 Å². The molecule has 2 N–H and O–H groups in total. The number of allylic oxidation sites excluding steroid dienone is 4. The molecule has 2 atom stereocenters. The van der Waals surface area contributed by atoms with Crippen LogP contribution in [0.15, 0.2) is 30.5 Å². The van der Waals surface area contributed by atoms with Crippen LogP contribution in [0.3, 0.4) is 0 Å². The van der Waals surface area contributed by atoms with E-state index in [4.69, 9.17) is 11.6 Å². The van der Waals surface area contributed by atoms with Crippen molar-refractivity contribution in [1.29, 1.82) is 0 Å². The summed E-state index contributed by atoms with van der Waals surface area (Å²) < 4.78 is 15.8. The molecule has 0 spiro atoms. The van der Waals surface area contributed by atoms with Gasteiger partial charge in [-0.05, 0) is 12.8 Å². The molecule has 0 aromatic carbocycles. The summed E-state index contributed by atoms with van der Waals surface area (Å²) in [4.78, 5) is 11.5. The molecule has 138 valence electrons. The summed E-state index contributed by atoms with van der Waals surface area (Å²) in [5.41, 5.74) is 1.20. The molecule has 0 aliphatic heterocycles. The first-order valence-electron chi connectivity index (χ1n) is 8.35. The van der Waals surface area contributed by atoms with Crippen molar-refractivity contribution >= 4 is 23.2 Å². The van der Waals surface area contributed by atoms with Crippen molar-refractivity contribution in [2.24, 2.45) is 18.9 Å². The molecule has 3 rings (SSSR count). The Balaban J connectivity index is 2.05. The number of aryl methyl sites for hydroxylation is 2. The molecule has 1 amide bonds. The molecule has 1 aliphatic carbocycles. The molecule has 0 bridgehead atoms. The highest BCUT2D eigenvalue weighted by Gasteiger charge is 2.43. The minimum atomic E-state index is -1.06. The van der Waals surface area contributed by atoms with Gasteiger partial charge in [-0.2, -0.15) is 14.6 Å². The Morgan fingerprint density at radius 2 is 2.19 bits per heavy atom. The zero-order valence-corrected chi connectivity index (χ0v) is 15.8. The van der Waals surface area contributed by atoms with Gasteiger partial charge in [-0.1, -0.05) is 38.2 Å². The lowest BCUT2D eigenvalue weighted by Gasteiger charge is -2.34. The van der Waals surface area contributed by atoms with Gasteiger partial charge in [0.05, 0.1) is 11.8 Å². The molecule has 0 saturated heterocycles. The average Bonchev–Trinajstić information content (AvgIpc) is 3.13. The zero-order valence-electron chi connectivity index (χ0n) is 15.0. The van der Waals surface area contributed by atoms with Gasteiger partial charge in [-0.25, -0.2) is 4.68 Å².